The lowest BCUT2D eigenvalue weighted by molar-refractivity contribution is 0.258. The minimum atomic E-state index is -3.17. The van der Waals surface area contributed by atoms with Crippen LogP contribution in [0.2, 0.25) is 0 Å². The number of nitrogens with one attached hydrogen (secondary N) is 3. The molecule has 3 N–H and O–H groups in total. The van der Waals surface area contributed by atoms with Gasteiger partial charge in [0.1, 0.15) is 0 Å². The van der Waals surface area contributed by atoms with Crippen molar-refractivity contribution in [2.45, 2.75) is 38.9 Å². The molecule has 2 atom stereocenters. The van der Waals surface area contributed by atoms with Crippen molar-refractivity contribution in [1.29, 1.82) is 0 Å². The normalized spacial score (nSPS) is 20.9. The van der Waals surface area contributed by atoms with E-state index in [1.807, 2.05) is 13.0 Å². The van der Waals surface area contributed by atoms with Crippen LogP contribution < -0.4 is 15.4 Å². The lowest BCUT2D eigenvalue weighted by Gasteiger charge is -2.21. The van der Waals surface area contributed by atoms with Gasteiger partial charge in [-0.05, 0) is 25.8 Å². The van der Waals surface area contributed by atoms with Gasteiger partial charge >= 0.3 is 0 Å². The summed E-state index contributed by atoms with van der Waals surface area (Å²) >= 11 is 0. The summed E-state index contributed by atoms with van der Waals surface area (Å²) in [5.74, 6) is 0.738. The molecular weight excluding hydrogens is 477 g/mol. The Hall–Kier alpha value is -0.910. The van der Waals surface area contributed by atoms with Crippen molar-refractivity contribution < 1.29 is 8.42 Å². The van der Waals surface area contributed by atoms with Crippen LogP contribution in [0.5, 0.6) is 0 Å². The molecule has 9 heteroatoms. The molecule has 1 heterocycles. The van der Waals surface area contributed by atoms with Crippen molar-refractivity contribution in [2.24, 2.45) is 4.99 Å². The first kappa shape index (κ1) is 24.1. The Bertz CT molecular complexity index is 684. The van der Waals surface area contributed by atoms with E-state index in [0.29, 0.717) is 25.2 Å². The highest BCUT2D eigenvalue weighted by molar-refractivity contribution is 14.0. The number of hydrogen-bond donors (Lipinski definition) is 3. The zero-order chi connectivity index (χ0) is 19.0. The Morgan fingerprint density at radius 3 is 2.63 bits per heavy atom. The molecule has 7 nitrogen and oxygen atoms in total. The molecule has 1 aliphatic rings. The number of guanidine groups is 1. The Labute approximate surface area is 180 Å². The molecule has 2 rings (SSSR count). The van der Waals surface area contributed by atoms with Gasteiger partial charge in [0.2, 0.25) is 10.0 Å². The lowest BCUT2D eigenvalue weighted by Crippen LogP contribution is -2.45. The van der Waals surface area contributed by atoms with Gasteiger partial charge in [-0.15, -0.1) is 24.0 Å². The average Bonchev–Trinajstić information content (AvgIpc) is 2.91. The summed E-state index contributed by atoms with van der Waals surface area (Å²) in [5, 5.41) is 6.71. The molecule has 0 amide bonds. The number of aliphatic imine (C=N–C) groups is 1. The maximum Gasteiger partial charge on any atom is 0.208 e. The van der Waals surface area contributed by atoms with Crippen LogP contribution in [0.25, 0.3) is 0 Å². The number of rotatable bonds is 8. The molecule has 0 aromatic heterocycles. The number of halogens is 1. The van der Waals surface area contributed by atoms with Gasteiger partial charge in [-0.2, -0.15) is 0 Å². The van der Waals surface area contributed by atoms with E-state index in [-0.39, 0.29) is 24.0 Å². The summed E-state index contributed by atoms with van der Waals surface area (Å²) in [6.45, 7) is 7.65. The van der Waals surface area contributed by atoms with E-state index in [0.717, 1.165) is 38.3 Å². The van der Waals surface area contributed by atoms with Crippen molar-refractivity contribution >= 4 is 40.0 Å². The highest BCUT2D eigenvalue weighted by atomic mass is 127. The Morgan fingerprint density at radius 1 is 1.30 bits per heavy atom. The molecule has 0 bridgehead atoms. The van der Waals surface area contributed by atoms with E-state index < -0.39 is 10.0 Å². The number of likely N-dealkylation sites (tertiary alicyclic amines) is 1. The fraction of sp³-hybridized carbons (Fsp3) is 0.611. The largest absolute Gasteiger partial charge is 0.357 e. The summed E-state index contributed by atoms with van der Waals surface area (Å²) in [4.78, 5) is 6.94. The lowest BCUT2D eigenvalue weighted by atomic mass is 10.2. The predicted octanol–water partition coefficient (Wildman–Crippen LogP) is 1.37. The molecule has 1 aromatic rings. The van der Waals surface area contributed by atoms with E-state index in [1.54, 1.807) is 0 Å². The van der Waals surface area contributed by atoms with Gasteiger partial charge in [0.15, 0.2) is 5.96 Å². The molecular formula is C18H32IN5O2S. The molecule has 154 valence electrons. The third-order valence-electron chi connectivity index (χ3n) is 4.36. The molecule has 2 unspecified atom stereocenters. The van der Waals surface area contributed by atoms with Gasteiger partial charge in [-0.1, -0.05) is 30.3 Å². The number of nitrogens with zero attached hydrogens (tertiary/aromatic N) is 2. The van der Waals surface area contributed by atoms with Gasteiger partial charge in [0, 0.05) is 38.3 Å². The fourth-order valence-corrected chi connectivity index (χ4v) is 3.62. The Kier molecular flexibility index (Phi) is 10.6. The van der Waals surface area contributed by atoms with Crippen LogP contribution in [-0.2, 0) is 16.6 Å². The van der Waals surface area contributed by atoms with Crippen LogP contribution in [0.4, 0.5) is 0 Å². The first-order chi connectivity index (χ1) is 12.4. The predicted molar refractivity (Wildman–Crippen MR) is 122 cm³/mol. The van der Waals surface area contributed by atoms with Gasteiger partial charge in [-0.25, -0.2) is 13.1 Å². The van der Waals surface area contributed by atoms with Crippen LogP contribution in [0.3, 0.4) is 0 Å². The third-order valence-corrected chi connectivity index (χ3v) is 5.09. The molecule has 0 saturated carbocycles. The minimum Gasteiger partial charge on any atom is -0.357 e. The average molecular weight is 509 g/mol. The fourth-order valence-electron chi connectivity index (χ4n) is 3.15. The highest BCUT2D eigenvalue weighted by Crippen LogP contribution is 2.20. The second-order valence-corrected chi connectivity index (χ2v) is 8.60. The highest BCUT2D eigenvalue weighted by Gasteiger charge is 2.29. The second kappa shape index (κ2) is 11.8. The van der Waals surface area contributed by atoms with E-state index in [4.69, 9.17) is 0 Å². The number of sulfonamides is 1. The van der Waals surface area contributed by atoms with E-state index in [1.165, 1.54) is 5.56 Å². The maximum absolute atomic E-state index is 11.1. The van der Waals surface area contributed by atoms with Crippen molar-refractivity contribution in [1.82, 2.24) is 20.3 Å². The molecule has 0 spiro atoms. The zero-order valence-electron chi connectivity index (χ0n) is 16.3. The van der Waals surface area contributed by atoms with Crippen LogP contribution >= 0.6 is 24.0 Å². The first-order valence-corrected chi connectivity index (χ1v) is 11.0. The number of hydrogen-bond acceptors (Lipinski definition) is 4. The van der Waals surface area contributed by atoms with Crippen LogP contribution in [0, 0.1) is 0 Å². The molecule has 1 aromatic carbocycles. The third kappa shape index (κ3) is 9.22. The monoisotopic (exact) mass is 509 g/mol. The molecule has 1 saturated heterocycles. The van der Waals surface area contributed by atoms with E-state index in [2.05, 4.69) is 56.4 Å². The van der Waals surface area contributed by atoms with Gasteiger partial charge < -0.3 is 10.6 Å². The van der Waals surface area contributed by atoms with Crippen molar-refractivity contribution in [2.75, 3.05) is 32.4 Å². The van der Waals surface area contributed by atoms with Crippen LogP contribution in [0.1, 0.15) is 25.8 Å². The summed E-state index contributed by atoms with van der Waals surface area (Å²) in [6.07, 6.45) is 2.21. The first-order valence-electron chi connectivity index (χ1n) is 9.15. The quantitative estimate of drug-likeness (QED) is 0.213. The summed E-state index contributed by atoms with van der Waals surface area (Å²) < 4.78 is 24.7. The summed E-state index contributed by atoms with van der Waals surface area (Å²) in [5.41, 5.74) is 1.33. The zero-order valence-corrected chi connectivity index (χ0v) is 19.5. The topological polar surface area (TPSA) is 85.8 Å². The smallest absolute Gasteiger partial charge is 0.208 e. The molecule has 27 heavy (non-hydrogen) atoms. The van der Waals surface area contributed by atoms with Gasteiger partial charge in [-0.3, -0.25) is 9.89 Å². The summed E-state index contributed by atoms with van der Waals surface area (Å²) in [7, 11) is -3.17. The molecule has 0 aliphatic carbocycles. The molecule has 0 radical (unpaired) electrons. The van der Waals surface area contributed by atoms with E-state index >= 15 is 0 Å². The Morgan fingerprint density at radius 2 is 2.00 bits per heavy atom. The standard InChI is InChI=1S/C18H31N5O2S.HI/c1-4-19-18(20-10-11-21-26(3,24)25)22-17-12-15(2)23(14-17)13-16-8-6-5-7-9-16;/h5-9,15,17,21H,4,10-14H2,1-3H3,(H2,19,20,22);1H. The molecule has 1 fully saturated rings. The Balaban J connectivity index is 0.00000364. The maximum atomic E-state index is 11.1. The number of benzene rings is 1. The SMILES string of the molecule is CCNC(=NCCNS(C)(=O)=O)NC1CC(C)N(Cc2ccccc2)C1.I. The van der Waals surface area contributed by atoms with Crippen LogP contribution in [0.15, 0.2) is 35.3 Å². The minimum absolute atomic E-state index is 0. The van der Waals surface area contributed by atoms with Crippen molar-refractivity contribution in [3.05, 3.63) is 35.9 Å². The second-order valence-electron chi connectivity index (χ2n) is 6.77. The van der Waals surface area contributed by atoms with Crippen molar-refractivity contribution in [3.63, 3.8) is 0 Å². The van der Waals surface area contributed by atoms with Gasteiger partial charge in [0.05, 0.1) is 12.8 Å². The van der Waals surface area contributed by atoms with Crippen molar-refractivity contribution in [3.8, 4) is 0 Å². The van der Waals surface area contributed by atoms with Gasteiger partial charge in [0.25, 0.3) is 0 Å². The van der Waals surface area contributed by atoms with Crippen LogP contribution in [-0.4, -0.2) is 63.8 Å². The molecule has 1 aliphatic heterocycles. The van der Waals surface area contributed by atoms with E-state index in [9.17, 15) is 8.42 Å². The summed E-state index contributed by atoms with van der Waals surface area (Å²) in [6, 6.07) is 11.3.